The van der Waals surface area contributed by atoms with Crippen LogP contribution in [0, 0.1) is 0 Å². The van der Waals surface area contributed by atoms with Gasteiger partial charge in [-0.15, -0.1) is 0 Å². The lowest BCUT2D eigenvalue weighted by Gasteiger charge is -2.39. The van der Waals surface area contributed by atoms with Crippen molar-refractivity contribution < 1.29 is 33.6 Å². The van der Waals surface area contributed by atoms with E-state index in [9.17, 15) is 14.7 Å². The number of nitrogens with one attached hydrogen (secondary N) is 2. The van der Waals surface area contributed by atoms with Crippen molar-refractivity contribution in [3.05, 3.63) is 143 Å². The van der Waals surface area contributed by atoms with Gasteiger partial charge in [-0.05, 0) is 76.1 Å². The Labute approximate surface area is 340 Å². The van der Waals surface area contributed by atoms with E-state index >= 15 is 0 Å². The summed E-state index contributed by atoms with van der Waals surface area (Å²) in [6, 6.07) is 35.5. The minimum atomic E-state index is -0.585. The number of aliphatic hydroxyl groups excluding tert-OH is 1. The molecule has 58 heavy (non-hydrogen) atoms. The third kappa shape index (κ3) is 10.0. The van der Waals surface area contributed by atoms with E-state index in [1.165, 1.54) is 11.1 Å². The first kappa shape index (κ1) is 40.5. The van der Waals surface area contributed by atoms with Gasteiger partial charge in [-0.25, -0.2) is 0 Å². The molecule has 5 N–H and O–H groups in total. The maximum absolute atomic E-state index is 12.8. The van der Waals surface area contributed by atoms with Gasteiger partial charge in [-0.1, -0.05) is 84.9 Å². The Hall–Kier alpha value is -5.72. The molecule has 0 saturated carbocycles. The first-order valence-corrected chi connectivity index (χ1v) is 19.9. The van der Waals surface area contributed by atoms with E-state index in [1.807, 2.05) is 60.7 Å². The third-order valence-electron chi connectivity index (χ3n) is 10.9. The minimum Gasteiger partial charge on any atom is -0.493 e. The zero-order chi connectivity index (χ0) is 40.4. The van der Waals surface area contributed by atoms with Crippen LogP contribution in [0.25, 0.3) is 11.1 Å². The first-order valence-electron chi connectivity index (χ1n) is 19.9. The number of hydrogen-bond acceptors (Lipinski definition) is 9. The van der Waals surface area contributed by atoms with Gasteiger partial charge in [0.2, 0.25) is 11.8 Å². The van der Waals surface area contributed by atoms with E-state index in [0.29, 0.717) is 30.8 Å². The molecular weight excluding hydrogens is 733 g/mol. The number of aliphatic hydroxyl groups is 1. The molecule has 5 aromatic carbocycles. The highest BCUT2D eigenvalue weighted by Gasteiger charge is 2.34. The summed E-state index contributed by atoms with van der Waals surface area (Å²) >= 11 is 0. The normalized spacial score (nSPS) is 17.9. The predicted octanol–water partition coefficient (Wildman–Crippen LogP) is 7.47. The van der Waals surface area contributed by atoms with E-state index < -0.39 is 6.29 Å². The van der Waals surface area contributed by atoms with Crippen LogP contribution in [-0.2, 0) is 45.2 Å². The molecule has 1 saturated heterocycles. The SMILES string of the molecule is COc1cc2c(cc1OC)CN(C[C@@H]1C[C@H](c3ccc(CO)cc3)O[C@H](c3ccc(-c4ccccc4CNC(=O)CCCC(=O)Nc4ccccc4N)cc3)O1)CC2. The number of nitrogens with two attached hydrogens (primary N) is 1. The van der Waals surface area contributed by atoms with Gasteiger partial charge in [0.25, 0.3) is 0 Å². The highest BCUT2D eigenvalue weighted by atomic mass is 16.7. The molecule has 5 aromatic rings. The number of anilines is 2. The molecule has 0 unspecified atom stereocenters. The Morgan fingerprint density at radius 1 is 0.828 bits per heavy atom. The van der Waals surface area contributed by atoms with Crippen LogP contribution in [0.3, 0.4) is 0 Å². The second kappa shape index (κ2) is 19.1. The molecule has 2 aliphatic heterocycles. The van der Waals surface area contributed by atoms with Crippen LogP contribution in [0.4, 0.5) is 11.4 Å². The van der Waals surface area contributed by atoms with E-state index in [1.54, 1.807) is 26.4 Å². The fourth-order valence-corrected chi connectivity index (χ4v) is 7.71. The molecule has 3 atom stereocenters. The second-order valence-corrected chi connectivity index (χ2v) is 14.9. The van der Waals surface area contributed by atoms with E-state index in [2.05, 4.69) is 51.9 Å². The average molecular weight is 785 g/mol. The molecular formula is C47H52N4O7. The van der Waals surface area contributed by atoms with E-state index in [4.69, 9.17) is 24.7 Å². The standard InChI is InChI=1S/C47H52N4O7/c1-55-43-24-35-22-23-51(28-37(35)25-44(43)56-2)29-38-26-42(33-16-14-31(30-52)15-17-33)58-47(57-38)34-20-18-32(19-21-34)39-9-4-3-8-36(39)27-49-45(53)12-7-13-46(54)50-41-11-6-5-10-40(41)48/h3-6,8-11,14-21,24-25,38,42,47,52H,7,12-13,22-23,26-30,48H2,1-2H3,(H,49,53)(H,50,54)/t38-,42+,47+/m0/s1. The van der Waals surface area contributed by atoms with Crippen LogP contribution < -0.4 is 25.8 Å². The summed E-state index contributed by atoms with van der Waals surface area (Å²) < 4.78 is 24.5. The number of ether oxygens (including phenoxy) is 4. The lowest BCUT2D eigenvalue weighted by molar-refractivity contribution is -0.253. The van der Waals surface area contributed by atoms with Crippen molar-refractivity contribution in [2.45, 2.75) is 70.3 Å². The summed E-state index contributed by atoms with van der Waals surface area (Å²) in [5, 5.41) is 15.5. The van der Waals surface area contributed by atoms with Crippen molar-refractivity contribution in [1.82, 2.24) is 10.2 Å². The van der Waals surface area contributed by atoms with Crippen LogP contribution in [0.1, 0.15) is 71.5 Å². The topological polar surface area (TPSA) is 145 Å². The lowest BCUT2D eigenvalue weighted by Crippen LogP contribution is -2.41. The largest absolute Gasteiger partial charge is 0.493 e. The number of carbonyl (C=O) groups excluding carboxylic acids is 2. The molecule has 2 amide bonds. The van der Waals surface area contributed by atoms with Crippen LogP contribution in [0.15, 0.2) is 109 Å². The van der Waals surface area contributed by atoms with Gasteiger partial charge in [0.05, 0.1) is 44.4 Å². The average Bonchev–Trinajstić information content (AvgIpc) is 3.26. The van der Waals surface area contributed by atoms with Crippen LogP contribution >= 0.6 is 0 Å². The van der Waals surface area contributed by atoms with Gasteiger partial charge < -0.3 is 40.4 Å². The molecule has 7 rings (SSSR count). The number of fused-ring (bicyclic) bond motifs is 1. The number of nitrogens with zero attached hydrogens (tertiary/aromatic N) is 1. The number of nitrogen functional groups attached to an aromatic ring is 1. The van der Waals surface area contributed by atoms with Crippen molar-refractivity contribution in [3.8, 4) is 22.6 Å². The van der Waals surface area contributed by atoms with Gasteiger partial charge >= 0.3 is 0 Å². The smallest absolute Gasteiger partial charge is 0.224 e. The fraction of sp³-hybridized carbons (Fsp3) is 0.319. The Bertz CT molecular complexity index is 2180. The Balaban J connectivity index is 0.995. The monoisotopic (exact) mass is 784 g/mol. The summed E-state index contributed by atoms with van der Waals surface area (Å²) in [6.07, 6.45) is 1.60. The second-order valence-electron chi connectivity index (χ2n) is 14.9. The summed E-state index contributed by atoms with van der Waals surface area (Å²) in [5.41, 5.74) is 15.3. The molecule has 0 bridgehead atoms. The number of methoxy groups -OCH3 is 2. The number of benzene rings is 5. The maximum atomic E-state index is 12.8. The van der Waals surface area contributed by atoms with Gasteiger partial charge in [0.1, 0.15) is 0 Å². The van der Waals surface area contributed by atoms with Gasteiger partial charge in [-0.2, -0.15) is 0 Å². The molecule has 2 heterocycles. The lowest BCUT2D eigenvalue weighted by atomic mass is 9.96. The highest BCUT2D eigenvalue weighted by molar-refractivity contribution is 5.94. The quantitative estimate of drug-likeness (QED) is 0.0795. The molecule has 11 nitrogen and oxygen atoms in total. The Kier molecular flexibility index (Phi) is 13.4. The molecule has 1 fully saturated rings. The molecule has 302 valence electrons. The van der Waals surface area contributed by atoms with Gasteiger partial charge in [-0.3, -0.25) is 14.5 Å². The van der Waals surface area contributed by atoms with Crippen molar-refractivity contribution in [2.24, 2.45) is 0 Å². The molecule has 0 aliphatic carbocycles. The van der Waals surface area contributed by atoms with Crippen molar-refractivity contribution in [3.63, 3.8) is 0 Å². The molecule has 0 spiro atoms. The third-order valence-corrected chi connectivity index (χ3v) is 10.9. The fourth-order valence-electron chi connectivity index (χ4n) is 7.71. The Morgan fingerprint density at radius 2 is 1.52 bits per heavy atom. The van der Waals surface area contributed by atoms with E-state index in [0.717, 1.165) is 70.9 Å². The maximum Gasteiger partial charge on any atom is 0.224 e. The molecule has 2 aliphatic rings. The zero-order valence-corrected chi connectivity index (χ0v) is 33.1. The van der Waals surface area contributed by atoms with Crippen molar-refractivity contribution in [2.75, 3.05) is 38.4 Å². The number of amides is 2. The summed E-state index contributed by atoms with van der Waals surface area (Å²) in [7, 11) is 3.33. The summed E-state index contributed by atoms with van der Waals surface area (Å²) in [5.74, 6) is 1.19. The van der Waals surface area contributed by atoms with Gasteiger partial charge in [0, 0.05) is 51.0 Å². The molecule has 11 heteroatoms. The molecule has 0 radical (unpaired) electrons. The van der Waals surface area contributed by atoms with Crippen molar-refractivity contribution in [1.29, 1.82) is 0 Å². The van der Waals surface area contributed by atoms with E-state index in [-0.39, 0.29) is 43.5 Å². The number of para-hydroxylation sites is 2. The number of hydrogen-bond donors (Lipinski definition) is 4. The van der Waals surface area contributed by atoms with Crippen molar-refractivity contribution >= 4 is 23.2 Å². The zero-order valence-electron chi connectivity index (χ0n) is 33.1. The van der Waals surface area contributed by atoms with Gasteiger partial charge in [0.15, 0.2) is 17.8 Å². The molecule has 0 aromatic heterocycles. The minimum absolute atomic E-state index is 0.0126. The van der Waals surface area contributed by atoms with Crippen LogP contribution in [-0.4, -0.2) is 55.2 Å². The number of carbonyl (C=O) groups is 2. The summed E-state index contributed by atoms with van der Waals surface area (Å²) in [4.78, 5) is 27.6. The van der Waals surface area contributed by atoms with Crippen LogP contribution in [0.5, 0.6) is 11.5 Å². The predicted molar refractivity (Wildman–Crippen MR) is 224 cm³/mol. The summed E-state index contributed by atoms with van der Waals surface area (Å²) in [6.45, 7) is 2.78. The van der Waals surface area contributed by atoms with Crippen LogP contribution in [0.2, 0.25) is 0 Å². The highest BCUT2D eigenvalue weighted by Crippen LogP contribution is 2.40. The number of rotatable bonds is 15. The first-order chi connectivity index (χ1) is 28.3. The Morgan fingerprint density at radius 3 is 2.26 bits per heavy atom.